The highest BCUT2D eigenvalue weighted by molar-refractivity contribution is 6.39. The molecule has 0 unspecified atom stereocenters. The number of hydrogen-bond acceptors (Lipinski definition) is 4. The number of carbonyl (C=O) groups excluding carboxylic acids is 2. The SMILES string of the molecule is CCCOc1ccc2ccccc2c1/C=N\NC(=O)C(=O)Nc1ccc(CC)cc1. The molecule has 0 saturated carbocycles. The molecule has 0 aliphatic carbocycles. The molecule has 3 rings (SSSR count). The van der Waals surface area contributed by atoms with Crippen LogP contribution < -0.4 is 15.5 Å². The maximum Gasteiger partial charge on any atom is 0.329 e. The molecule has 3 aromatic rings. The van der Waals surface area contributed by atoms with Gasteiger partial charge in [-0.05, 0) is 47.4 Å². The lowest BCUT2D eigenvalue weighted by Crippen LogP contribution is -2.32. The van der Waals surface area contributed by atoms with E-state index in [4.69, 9.17) is 4.74 Å². The van der Waals surface area contributed by atoms with Gasteiger partial charge in [-0.15, -0.1) is 0 Å². The normalized spacial score (nSPS) is 10.9. The Morgan fingerprint density at radius 2 is 1.73 bits per heavy atom. The zero-order valence-corrected chi connectivity index (χ0v) is 17.1. The quantitative estimate of drug-likeness (QED) is 0.351. The summed E-state index contributed by atoms with van der Waals surface area (Å²) >= 11 is 0. The van der Waals surface area contributed by atoms with Gasteiger partial charge < -0.3 is 10.1 Å². The summed E-state index contributed by atoms with van der Waals surface area (Å²) in [4.78, 5) is 24.2. The number of benzene rings is 3. The van der Waals surface area contributed by atoms with Crippen molar-refractivity contribution in [1.29, 1.82) is 0 Å². The molecule has 0 aliphatic rings. The van der Waals surface area contributed by atoms with E-state index in [1.807, 2.05) is 62.4 Å². The second kappa shape index (κ2) is 10.2. The predicted molar refractivity (Wildman–Crippen MR) is 120 cm³/mol. The number of rotatable bonds is 7. The lowest BCUT2D eigenvalue weighted by atomic mass is 10.0. The number of amides is 2. The highest BCUT2D eigenvalue weighted by Crippen LogP contribution is 2.26. The van der Waals surface area contributed by atoms with Crippen molar-refractivity contribution in [3.8, 4) is 5.75 Å². The molecule has 0 radical (unpaired) electrons. The summed E-state index contributed by atoms with van der Waals surface area (Å²) < 4.78 is 5.81. The fourth-order valence-electron chi connectivity index (χ4n) is 2.96. The Morgan fingerprint density at radius 1 is 0.967 bits per heavy atom. The van der Waals surface area contributed by atoms with Gasteiger partial charge in [-0.2, -0.15) is 5.10 Å². The molecule has 154 valence electrons. The van der Waals surface area contributed by atoms with E-state index >= 15 is 0 Å². The van der Waals surface area contributed by atoms with Crippen LogP contribution in [0.2, 0.25) is 0 Å². The third-order valence-corrected chi connectivity index (χ3v) is 4.58. The van der Waals surface area contributed by atoms with Crippen molar-refractivity contribution >= 4 is 34.5 Å². The Bertz CT molecular complexity index is 1060. The van der Waals surface area contributed by atoms with Gasteiger partial charge in [-0.25, -0.2) is 5.43 Å². The van der Waals surface area contributed by atoms with E-state index in [-0.39, 0.29) is 0 Å². The van der Waals surface area contributed by atoms with Gasteiger partial charge in [0.25, 0.3) is 0 Å². The lowest BCUT2D eigenvalue weighted by Gasteiger charge is -2.11. The predicted octanol–water partition coefficient (Wildman–Crippen LogP) is 4.28. The fraction of sp³-hybridized carbons (Fsp3) is 0.208. The molecule has 0 saturated heterocycles. The van der Waals surface area contributed by atoms with E-state index in [0.29, 0.717) is 18.0 Å². The number of nitrogens with zero attached hydrogens (tertiary/aromatic N) is 1. The Labute approximate surface area is 175 Å². The molecular weight excluding hydrogens is 378 g/mol. The number of nitrogens with one attached hydrogen (secondary N) is 2. The maximum atomic E-state index is 12.1. The van der Waals surface area contributed by atoms with Crippen LogP contribution in [0.4, 0.5) is 5.69 Å². The summed E-state index contributed by atoms with van der Waals surface area (Å²) in [5.74, 6) is -0.951. The average molecular weight is 403 g/mol. The van der Waals surface area contributed by atoms with Crippen LogP contribution in [-0.4, -0.2) is 24.6 Å². The van der Waals surface area contributed by atoms with Crippen molar-refractivity contribution in [1.82, 2.24) is 5.43 Å². The Balaban J connectivity index is 1.71. The van der Waals surface area contributed by atoms with Crippen LogP contribution in [0.15, 0.2) is 65.8 Å². The second-order valence-corrected chi connectivity index (χ2v) is 6.75. The van der Waals surface area contributed by atoms with Crippen LogP contribution in [0.3, 0.4) is 0 Å². The third kappa shape index (κ3) is 5.23. The number of hydrogen-bond donors (Lipinski definition) is 2. The van der Waals surface area contributed by atoms with Crippen LogP contribution in [0.25, 0.3) is 10.8 Å². The van der Waals surface area contributed by atoms with E-state index in [0.717, 1.165) is 34.7 Å². The average Bonchev–Trinajstić information content (AvgIpc) is 2.78. The van der Waals surface area contributed by atoms with Crippen LogP contribution in [0, 0.1) is 0 Å². The fourth-order valence-corrected chi connectivity index (χ4v) is 2.96. The molecule has 0 heterocycles. The van der Waals surface area contributed by atoms with Crippen LogP contribution in [0.1, 0.15) is 31.4 Å². The van der Waals surface area contributed by atoms with Crippen LogP contribution in [0.5, 0.6) is 5.75 Å². The molecule has 3 aromatic carbocycles. The van der Waals surface area contributed by atoms with Crippen LogP contribution in [-0.2, 0) is 16.0 Å². The number of fused-ring (bicyclic) bond motifs is 1. The van der Waals surface area contributed by atoms with Gasteiger partial charge in [0.1, 0.15) is 5.75 Å². The van der Waals surface area contributed by atoms with Crippen LogP contribution >= 0.6 is 0 Å². The van der Waals surface area contributed by atoms with Crippen molar-refractivity contribution in [2.75, 3.05) is 11.9 Å². The van der Waals surface area contributed by atoms with E-state index in [2.05, 4.69) is 15.8 Å². The van der Waals surface area contributed by atoms with E-state index in [1.165, 1.54) is 6.21 Å². The molecule has 6 nitrogen and oxygen atoms in total. The summed E-state index contributed by atoms with van der Waals surface area (Å²) in [6.07, 6.45) is 3.29. The second-order valence-electron chi connectivity index (χ2n) is 6.75. The minimum atomic E-state index is -0.845. The lowest BCUT2D eigenvalue weighted by molar-refractivity contribution is -0.136. The molecule has 0 aliphatic heterocycles. The van der Waals surface area contributed by atoms with Gasteiger partial charge in [0.15, 0.2) is 0 Å². The smallest absolute Gasteiger partial charge is 0.329 e. The molecule has 2 N–H and O–H groups in total. The maximum absolute atomic E-state index is 12.1. The molecule has 0 fully saturated rings. The van der Waals surface area contributed by atoms with Gasteiger partial charge in [0.2, 0.25) is 0 Å². The molecule has 0 spiro atoms. The first-order valence-corrected chi connectivity index (χ1v) is 10.00. The van der Waals surface area contributed by atoms with Crippen molar-refractivity contribution in [3.05, 3.63) is 71.8 Å². The number of hydrazone groups is 1. The summed E-state index contributed by atoms with van der Waals surface area (Å²) in [6, 6.07) is 19.0. The number of anilines is 1. The number of ether oxygens (including phenoxy) is 1. The zero-order valence-electron chi connectivity index (χ0n) is 17.1. The van der Waals surface area contributed by atoms with Crippen molar-refractivity contribution in [2.45, 2.75) is 26.7 Å². The molecule has 6 heteroatoms. The topological polar surface area (TPSA) is 79.8 Å². The molecule has 0 atom stereocenters. The zero-order chi connectivity index (χ0) is 21.3. The van der Waals surface area contributed by atoms with E-state index < -0.39 is 11.8 Å². The summed E-state index contributed by atoms with van der Waals surface area (Å²) in [5.41, 5.74) is 4.74. The Morgan fingerprint density at radius 3 is 2.47 bits per heavy atom. The first-order chi connectivity index (χ1) is 14.6. The molecule has 0 aromatic heterocycles. The Kier molecular flexibility index (Phi) is 7.16. The van der Waals surface area contributed by atoms with E-state index in [1.54, 1.807) is 12.1 Å². The molecule has 0 bridgehead atoms. The van der Waals surface area contributed by atoms with Crippen molar-refractivity contribution in [3.63, 3.8) is 0 Å². The van der Waals surface area contributed by atoms with Crippen molar-refractivity contribution < 1.29 is 14.3 Å². The third-order valence-electron chi connectivity index (χ3n) is 4.58. The standard InChI is InChI=1S/C24H25N3O3/c1-3-15-30-22-14-11-18-7-5-6-8-20(18)21(22)16-25-27-24(29)23(28)26-19-12-9-17(4-2)10-13-19/h5-14,16H,3-4,15H2,1-2H3,(H,26,28)(H,27,29)/b25-16-. The Hall–Kier alpha value is -3.67. The summed E-state index contributed by atoms with van der Waals surface area (Å²) in [7, 11) is 0. The van der Waals surface area contributed by atoms with Crippen molar-refractivity contribution in [2.24, 2.45) is 5.10 Å². The minimum absolute atomic E-state index is 0.556. The highest BCUT2D eigenvalue weighted by atomic mass is 16.5. The molecular formula is C24H25N3O3. The minimum Gasteiger partial charge on any atom is -0.493 e. The largest absolute Gasteiger partial charge is 0.493 e. The summed E-state index contributed by atoms with van der Waals surface area (Å²) in [5, 5.41) is 8.52. The van der Waals surface area contributed by atoms with Gasteiger partial charge >= 0.3 is 11.8 Å². The first kappa shape index (κ1) is 21.0. The van der Waals surface area contributed by atoms with E-state index in [9.17, 15) is 9.59 Å². The van der Waals surface area contributed by atoms with Gasteiger partial charge in [-0.1, -0.05) is 56.3 Å². The molecule has 2 amide bonds. The van der Waals surface area contributed by atoms with Gasteiger partial charge in [-0.3, -0.25) is 9.59 Å². The number of aryl methyl sites for hydroxylation is 1. The first-order valence-electron chi connectivity index (χ1n) is 10.00. The highest BCUT2D eigenvalue weighted by Gasteiger charge is 2.13. The number of carbonyl (C=O) groups is 2. The molecule has 30 heavy (non-hydrogen) atoms. The van der Waals surface area contributed by atoms with Gasteiger partial charge in [0, 0.05) is 11.3 Å². The van der Waals surface area contributed by atoms with Gasteiger partial charge in [0.05, 0.1) is 12.8 Å². The monoisotopic (exact) mass is 403 g/mol. The summed E-state index contributed by atoms with van der Waals surface area (Å²) in [6.45, 7) is 4.65.